The second-order valence-corrected chi connectivity index (χ2v) is 7.72. The number of hydrogen-bond acceptors (Lipinski definition) is 4. The summed E-state index contributed by atoms with van der Waals surface area (Å²) in [7, 11) is 1.67. The lowest BCUT2D eigenvalue weighted by atomic mass is 10.0. The van der Waals surface area contributed by atoms with Crippen LogP contribution in [0, 0.1) is 6.92 Å². The van der Waals surface area contributed by atoms with Crippen LogP contribution in [0.5, 0.6) is 5.75 Å². The number of aliphatic hydroxyl groups excluding tert-OH is 1. The van der Waals surface area contributed by atoms with Crippen LogP contribution in [0.15, 0.2) is 60.8 Å². The standard InChI is InChI=1S/C23H26N4O2S/c1-16-7-12-20(27(16)17-8-10-18(29-2)11-9-17)22-21(19-6-3-4-13-24-19)25-23(30)26(22)14-5-15-28/h3-4,6-13,21-22,28H,5,14-15H2,1-2H3,(H,25,30)/t21-,22-/m0/s1. The van der Waals surface area contributed by atoms with Crippen LogP contribution < -0.4 is 10.1 Å². The second-order valence-electron chi connectivity index (χ2n) is 7.33. The molecular formula is C23H26N4O2S. The molecule has 1 aliphatic rings. The SMILES string of the molecule is COc1ccc(-n2c(C)ccc2[C@H]2[C@H](c3ccccn3)NC(=S)N2CCCO)cc1. The van der Waals surface area contributed by atoms with Crippen LogP contribution in [0.1, 0.15) is 35.6 Å². The Morgan fingerprint density at radius 2 is 1.93 bits per heavy atom. The third-order valence-corrected chi connectivity index (χ3v) is 5.85. The summed E-state index contributed by atoms with van der Waals surface area (Å²) in [6.07, 6.45) is 2.46. The van der Waals surface area contributed by atoms with Crippen molar-refractivity contribution in [2.45, 2.75) is 25.4 Å². The van der Waals surface area contributed by atoms with Crippen molar-refractivity contribution in [1.29, 1.82) is 0 Å². The molecule has 0 saturated carbocycles. The van der Waals surface area contributed by atoms with Crippen LogP contribution >= 0.6 is 12.2 Å². The Bertz CT molecular complexity index is 1000. The van der Waals surface area contributed by atoms with E-state index < -0.39 is 0 Å². The highest BCUT2D eigenvalue weighted by molar-refractivity contribution is 7.80. The van der Waals surface area contributed by atoms with Gasteiger partial charge in [-0.25, -0.2) is 0 Å². The Kier molecular flexibility index (Phi) is 6.01. The summed E-state index contributed by atoms with van der Waals surface area (Å²) in [5.41, 5.74) is 4.26. The molecule has 3 heterocycles. The van der Waals surface area contributed by atoms with Crippen molar-refractivity contribution < 1.29 is 9.84 Å². The van der Waals surface area contributed by atoms with Crippen LogP contribution in [0.25, 0.3) is 5.69 Å². The summed E-state index contributed by atoms with van der Waals surface area (Å²) < 4.78 is 7.57. The first-order valence-corrected chi connectivity index (χ1v) is 10.5. The van der Waals surface area contributed by atoms with Crippen LogP contribution in [-0.2, 0) is 0 Å². The minimum absolute atomic E-state index is 0.0465. The van der Waals surface area contributed by atoms with E-state index in [1.165, 1.54) is 0 Å². The molecule has 0 spiro atoms. The maximum Gasteiger partial charge on any atom is 0.170 e. The van der Waals surface area contributed by atoms with Gasteiger partial charge in [-0.15, -0.1) is 0 Å². The summed E-state index contributed by atoms with van der Waals surface area (Å²) >= 11 is 5.69. The second kappa shape index (κ2) is 8.85. The molecule has 2 atom stereocenters. The summed E-state index contributed by atoms with van der Waals surface area (Å²) in [6, 6.07) is 18.1. The van der Waals surface area contributed by atoms with E-state index in [1.54, 1.807) is 13.3 Å². The number of hydrogen-bond donors (Lipinski definition) is 2. The Morgan fingerprint density at radius 3 is 2.60 bits per heavy atom. The van der Waals surface area contributed by atoms with Gasteiger partial charge in [-0.3, -0.25) is 4.98 Å². The summed E-state index contributed by atoms with van der Waals surface area (Å²) in [4.78, 5) is 6.76. The van der Waals surface area contributed by atoms with E-state index in [0.717, 1.165) is 28.5 Å². The number of nitrogens with one attached hydrogen (secondary N) is 1. The smallest absolute Gasteiger partial charge is 0.170 e. The van der Waals surface area contributed by atoms with Crippen LogP contribution in [0.2, 0.25) is 0 Å². The molecule has 156 valence electrons. The lowest BCUT2D eigenvalue weighted by Gasteiger charge is -2.29. The van der Waals surface area contributed by atoms with Gasteiger partial charge in [0.15, 0.2) is 5.11 Å². The molecule has 1 saturated heterocycles. The number of thiocarbonyl (C=S) groups is 1. The van der Waals surface area contributed by atoms with Gasteiger partial charge in [-0.1, -0.05) is 6.07 Å². The van der Waals surface area contributed by atoms with Gasteiger partial charge in [-0.05, 0) is 74.1 Å². The van der Waals surface area contributed by atoms with Crippen molar-refractivity contribution in [1.82, 2.24) is 19.8 Å². The molecular weight excluding hydrogens is 396 g/mol. The third-order valence-electron chi connectivity index (χ3n) is 5.49. The molecule has 0 radical (unpaired) electrons. The highest BCUT2D eigenvalue weighted by Gasteiger charge is 2.41. The maximum atomic E-state index is 9.42. The average molecular weight is 423 g/mol. The quantitative estimate of drug-likeness (QED) is 0.568. The van der Waals surface area contributed by atoms with E-state index in [2.05, 4.69) is 51.0 Å². The van der Waals surface area contributed by atoms with Gasteiger partial charge in [0.05, 0.1) is 24.9 Å². The van der Waals surface area contributed by atoms with Gasteiger partial charge in [0.2, 0.25) is 0 Å². The Balaban J connectivity index is 1.81. The Morgan fingerprint density at radius 1 is 1.13 bits per heavy atom. The molecule has 30 heavy (non-hydrogen) atoms. The monoisotopic (exact) mass is 422 g/mol. The summed E-state index contributed by atoms with van der Waals surface area (Å²) in [6.45, 7) is 2.89. The maximum absolute atomic E-state index is 9.42. The van der Waals surface area contributed by atoms with E-state index >= 15 is 0 Å². The molecule has 0 amide bonds. The van der Waals surface area contributed by atoms with E-state index in [0.29, 0.717) is 18.1 Å². The fraction of sp³-hybridized carbons (Fsp3) is 0.304. The highest BCUT2D eigenvalue weighted by Crippen LogP contribution is 2.40. The third kappa shape index (κ3) is 3.78. The molecule has 6 nitrogen and oxygen atoms in total. The summed E-state index contributed by atoms with van der Waals surface area (Å²) in [5, 5.41) is 13.6. The Labute approximate surface area is 182 Å². The summed E-state index contributed by atoms with van der Waals surface area (Å²) in [5.74, 6) is 0.824. The van der Waals surface area contributed by atoms with Crippen molar-refractivity contribution in [2.24, 2.45) is 0 Å². The highest BCUT2D eigenvalue weighted by atomic mass is 32.1. The average Bonchev–Trinajstić information content (AvgIpc) is 3.32. The largest absolute Gasteiger partial charge is 0.497 e. The number of aryl methyl sites for hydroxylation is 1. The van der Waals surface area contributed by atoms with Gasteiger partial charge in [0, 0.05) is 36.4 Å². The van der Waals surface area contributed by atoms with Crippen LogP contribution in [0.4, 0.5) is 0 Å². The normalized spacial score (nSPS) is 18.5. The van der Waals surface area contributed by atoms with E-state index in [4.69, 9.17) is 17.0 Å². The Hall–Kier alpha value is -2.90. The van der Waals surface area contributed by atoms with Crippen molar-refractivity contribution in [3.63, 3.8) is 0 Å². The lowest BCUT2D eigenvalue weighted by molar-refractivity contribution is 0.244. The zero-order valence-corrected chi connectivity index (χ0v) is 18.0. The van der Waals surface area contributed by atoms with Gasteiger partial charge in [0.1, 0.15) is 5.75 Å². The predicted molar refractivity (Wildman–Crippen MR) is 121 cm³/mol. The van der Waals surface area contributed by atoms with Crippen LogP contribution in [-0.4, -0.2) is 44.9 Å². The fourth-order valence-corrected chi connectivity index (χ4v) is 4.41. The van der Waals surface area contributed by atoms with Crippen molar-refractivity contribution in [3.8, 4) is 11.4 Å². The predicted octanol–water partition coefficient (Wildman–Crippen LogP) is 3.54. The van der Waals surface area contributed by atoms with Crippen molar-refractivity contribution >= 4 is 17.3 Å². The molecule has 0 aliphatic carbocycles. The zero-order chi connectivity index (χ0) is 21.1. The van der Waals surface area contributed by atoms with Crippen LogP contribution in [0.3, 0.4) is 0 Å². The molecule has 3 aromatic rings. The van der Waals surface area contributed by atoms with E-state index in [-0.39, 0.29) is 18.7 Å². The number of aliphatic hydroxyl groups is 1. The molecule has 7 heteroatoms. The first-order valence-electron chi connectivity index (χ1n) is 10.1. The number of nitrogens with zero attached hydrogens (tertiary/aromatic N) is 3. The van der Waals surface area contributed by atoms with E-state index in [1.807, 2.05) is 30.3 Å². The molecule has 1 fully saturated rings. The minimum atomic E-state index is -0.0799. The van der Waals surface area contributed by atoms with E-state index in [9.17, 15) is 5.11 Å². The zero-order valence-electron chi connectivity index (χ0n) is 17.2. The number of aromatic nitrogens is 2. The number of rotatable bonds is 7. The number of pyridine rings is 1. The molecule has 2 aromatic heterocycles. The molecule has 2 N–H and O–H groups in total. The molecule has 0 bridgehead atoms. The molecule has 1 aromatic carbocycles. The fourth-order valence-electron chi connectivity index (χ4n) is 4.08. The van der Waals surface area contributed by atoms with Crippen molar-refractivity contribution in [2.75, 3.05) is 20.3 Å². The lowest BCUT2D eigenvalue weighted by Crippen LogP contribution is -2.32. The van der Waals surface area contributed by atoms with Gasteiger partial charge < -0.3 is 24.6 Å². The molecule has 0 unspecified atom stereocenters. The van der Waals surface area contributed by atoms with Gasteiger partial charge in [-0.2, -0.15) is 0 Å². The number of methoxy groups -OCH3 is 1. The molecule has 1 aliphatic heterocycles. The number of benzene rings is 1. The minimum Gasteiger partial charge on any atom is -0.497 e. The first kappa shape index (κ1) is 20.4. The number of ether oxygens (including phenoxy) is 1. The first-order chi connectivity index (χ1) is 14.6. The van der Waals surface area contributed by atoms with Gasteiger partial charge in [0.25, 0.3) is 0 Å². The topological polar surface area (TPSA) is 62.5 Å². The van der Waals surface area contributed by atoms with Gasteiger partial charge >= 0.3 is 0 Å². The van der Waals surface area contributed by atoms with Crippen molar-refractivity contribution in [3.05, 3.63) is 77.9 Å². The molecule has 4 rings (SSSR count).